The summed E-state index contributed by atoms with van der Waals surface area (Å²) in [6.45, 7) is 0.582. The Labute approximate surface area is 200 Å². The smallest absolute Gasteiger partial charge is 0.419 e. The van der Waals surface area contributed by atoms with Crippen LogP contribution in [0.25, 0.3) is 22.1 Å². The fourth-order valence-electron chi connectivity index (χ4n) is 3.67. The average molecular weight is 494 g/mol. The van der Waals surface area contributed by atoms with Gasteiger partial charge in [-0.1, -0.05) is 6.07 Å². The molecule has 13 heteroatoms. The number of aromatic nitrogens is 5. The Morgan fingerprint density at radius 2 is 1.94 bits per heavy atom. The molecule has 0 spiro atoms. The van der Waals surface area contributed by atoms with Crippen LogP contribution in [0.3, 0.4) is 0 Å². The van der Waals surface area contributed by atoms with E-state index in [1.54, 1.807) is 49.1 Å². The van der Waals surface area contributed by atoms with Crippen molar-refractivity contribution in [3.63, 3.8) is 0 Å². The van der Waals surface area contributed by atoms with Crippen LogP contribution >= 0.6 is 11.3 Å². The average Bonchev–Trinajstić information content (AvgIpc) is 3.52. The molecular formula is C22H19N7O5S. The summed E-state index contributed by atoms with van der Waals surface area (Å²) < 4.78 is 8.09. The lowest BCUT2D eigenvalue weighted by atomic mass is 10.2. The summed E-state index contributed by atoms with van der Waals surface area (Å²) in [4.78, 5) is 45.2. The highest BCUT2D eigenvalue weighted by Crippen LogP contribution is 2.24. The lowest BCUT2D eigenvalue weighted by Crippen LogP contribution is -2.24. The minimum atomic E-state index is -0.968. The van der Waals surface area contributed by atoms with Gasteiger partial charge in [0.25, 0.3) is 5.91 Å². The number of benzene rings is 1. The first-order valence-electron chi connectivity index (χ1n) is 10.4. The van der Waals surface area contributed by atoms with E-state index in [1.807, 2.05) is 0 Å². The van der Waals surface area contributed by atoms with Crippen molar-refractivity contribution in [2.45, 2.75) is 13.1 Å². The molecule has 178 valence electrons. The third-order valence-electron chi connectivity index (χ3n) is 5.45. The van der Waals surface area contributed by atoms with Crippen molar-refractivity contribution in [1.82, 2.24) is 29.6 Å². The molecule has 0 radical (unpaired) electrons. The quantitative estimate of drug-likeness (QED) is 0.309. The molecule has 1 amide bonds. The number of hydrogen-bond donors (Lipinski definition) is 3. The van der Waals surface area contributed by atoms with Gasteiger partial charge >= 0.3 is 11.7 Å². The SMILES string of the molecule is Cn1nc2c(C(=O)NCc3ccc4oc(=O)n(C)c4c3)ncnc2c1NCc1ccc(C(=O)O)s1. The first-order chi connectivity index (χ1) is 16.8. The van der Waals surface area contributed by atoms with E-state index in [0.29, 0.717) is 34.5 Å². The van der Waals surface area contributed by atoms with Crippen molar-refractivity contribution in [3.05, 3.63) is 68.2 Å². The Morgan fingerprint density at radius 3 is 2.71 bits per heavy atom. The summed E-state index contributed by atoms with van der Waals surface area (Å²) in [6, 6.07) is 8.53. The van der Waals surface area contributed by atoms with Gasteiger partial charge in [0.05, 0.1) is 12.1 Å². The highest BCUT2D eigenvalue weighted by atomic mass is 32.1. The standard InChI is InChI=1S/C22H19N7O5S/c1-28-13-7-11(3-5-14(13)34-22(28)33)8-24-20(30)18-16-17(25-10-26-18)19(29(2)27-16)23-9-12-4-6-15(35-12)21(31)32/h3-7,10,23H,8-9H2,1-2H3,(H,24,30)(H,31,32). The summed E-state index contributed by atoms with van der Waals surface area (Å²) in [5.41, 5.74) is 2.82. The Kier molecular flexibility index (Phi) is 5.53. The van der Waals surface area contributed by atoms with Gasteiger partial charge in [-0.3, -0.25) is 14.0 Å². The van der Waals surface area contributed by atoms with E-state index >= 15 is 0 Å². The molecule has 5 rings (SSSR count). The van der Waals surface area contributed by atoms with Crippen molar-refractivity contribution in [1.29, 1.82) is 0 Å². The van der Waals surface area contributed by atoms with E-state index in [1.165, 1.54) is 22.2 Å². The van der Waals surface area contributed by atoms with Gasteiger partial charge in [-0.05, 0) is 29.8 Å². The van der Waals surface area contributed by atoms with E-state index in [-0.39, 0.29) is 17.1 Å². The largest absolute Gasteiger partial charge is 0.477 e. The number of aromatic carboxylic acids is 1. The molecule has 1 aromatic carbocycles. The first-order valence-corrected chi connectivity index (χ1v) is 11.2. The summed E-state index contributed by atoms with van der Waals surface area (Å²) in [6.07, 6.45) is 1.30. The van der Waals surface area contributed by atoms with Crippen LogP contribution in [0.1, 0.15) is 30.6 Å². The van der Waals surface area contributed by atoms with Gasteiger partial charge in [0.15, 0.2) is 17.1 Å². The monoisotopic (exact) mass is 493 g/mol. The fourth-order valence-corrected chi connectivity index (χ4v) is 4.46. The van der Waals surface area contributed by atoms with E-state index in [4.69, 9.17) is 9.52 Å². The molecular weight excluding hydrogens is 474 g/mol. The third-order valence-corrected chi connectivity index (χ3v) is 6.52. The van der Waals surface area contributed by atoms with Crippen LogP contribution in [-0.4, -0.2) is 41.3 Å². The van der Waals surface area contributed by atoms with E-state index < -0.39 is 17.6 Å². The molecule has 5 aromatic rings. The normalized spacial score (nSPS) is 11.3. The summed E-state index contributed by atoms with van der Waals surface area (Å²) in [7, 11) is 3.33. The van der Waals surface area contributed by atoms with Gasteiger partial charge in [-0.15, -0.1) is 11.3 Å². The molecule has 0 aliphatic carbocycles. The number of thiophene rings is 1. The van der Waals surface area contributed by atoms with Crippen LogP contribution in [0.2, 0.25) is 0 Å². The van der Waals surface area contributed by atoms with E-state index in [2.05, 4.69) is 25.7 Å². The number of carbonyl (C=O) groups excluding carboxylic acids is 1. The lowest BCUT2D eigenvalue weighted by molar-refractivity contribution is 0.0702. The van der Waals surface area contributed by atoms with Gasteiger partial charge in [-0.2, -0.15) is 5.10 Å². The van der Waals surface area contributed by atoms with E-state index in [9.17, 15) is 14.4 Å². The molecule has 0 bridgehead atoms. The van der Waals surface area contributed by atoms with Gasteiger partial charge in [-0.25, -0.2) is 19.6 Å². The van der Waals surface area contributed by atoms with Crippen molar-refractivity contribution >= 4 is 51.2 Å². The van der Waals surface area contributed by atoms with Crippen molar-refractivity contribution < 1.29 is 19.1 Å². The van der Waals surface area contributed by atoms with Gasteiger partial charge < -0.3 is 20.2 Å². The lowest BCUT2D eigenvalue weighted by Gasteiger charge is -2.06. The molecule has 3 N–H and O–H groups in total. The zero-order valence-electron chi connectivity index (χ0n) is 18.6. The van der Waals surface area contributed by atoms with Crippen LogP contribution in [0, 0.1) is 0 Å². The third kappa shape index (κ3) is 4.12. The predicted molar refractivity (Wildman–Crippen MR) is 128 cm³/mol. The highest BCUT2D eigenvalue weighted by molar-refractivity contribution is 7.13. The number of hydrogen-bond acceptors (Lipinski definition) is 9. The number of oxazole rings is 1. The Bertz CT molecular complexity index is 1660. The Balaban J connectivity index is 1.34. The number of nitrogens with zero attached hydrogens (tertiary/aromatic N) is 5. The van der Waals surface area contributed by atoms with Gasteiger partial charge in [0.2, 0.25) is 0 Å². The summed E-state index contributed by atoms with van der Waals surface area (Å²) >= 11 is 1.18. The van der Waals surface area contributed by atoms with Crippen LogP contribution in [0.5, 0.6) is 0 Å². The Morgan fingerprint density at radius 1 is 1.11 bits per heavy atom. The maximum atomic E-state index is 12.9. The van der Waals surface area contributed by atoms with Crippen LogP contribution in [0.4, 0.5) is 5.82 Å². The first kappa shape index (κ1) is 22.3. The summed E-state index contributed by atoms with van der Waals surface area (Å²) in [5.74, 6) is -1.27. The second kappa shape index (κ2) is 8.68. The minimum absolute atomic E-state index is 0.125. The Hall–Kier alpha value is -4.52. The number of aryl methyl sites for hydroxylation is 2. The molecule has 0 saturated carbocycles. The topological polar surface area (TPSA) is 157 Å². The van der Waals surface area contributed by atoms with Gasteiger partial charge in [0.1, 0.15) is 22.2 Å². The van der Waals surface area contributed by atoms with Gasteiger partial charge in [0, 0.05) is 25.5 Å². The molecule has 4 heterocycles. The molecule has 0 saturated heterocycles. The number of fused-ring (bicyclic) bond motifs is 2. The maximum absolute atomic E-state index is 12.9. The highest BCUT2D eigenvalue weighted by Gasteiger charge is 2.20. The minimum Gasteiger partial charge on any atom is -0.477 e. The number of carboxylic acid groups (broad SMARTS) is 1. The van der Waals surface area contributed by atoms with E-state index in [0.717, 1.165) is 10.4 Å². The van der Waals surface area contributed by atoms with Crippen molar-refractivity contribution in [3.8, 4) is 0 Å². The second-order valence-electron chi connectivity index (χ2n) is 7.73. The zero-order valence-corrected chi connectivity index (χ0v) is 19.4. The van der Waals surface area contributed by atoms with Crippen LogP contribution in [-0.2, 0) is 27.2 Å². The molecule has 0 aliphatic rings. The van der Waals surface area contributed by atoms with Crippen LogP contribution < -0.4 is 16.4 Å². The number of amides is 1. The number of nitrogens with one attached hydrogen (secondary N) is 2. The molecule has 0 atom stereocenters. The van der Waals surface area contributed by atoms with Crippen LogP contribution in [0.15, 0.2) is 45.9 Å². The second-order valence-corrected chi connectivity index (χ2v) is 8.90. The molecule has 0 aliphatic heterocycles. The maximum Gasteiger partial charge on any atom is 0.419 e. The van der Waals surface area contributed by atoms with Crippen molar-refractivity contribution in [2.75, 3.05) is 5.32 Å². The number of carbonyl (C=O) groups is 2. The van der Waals surface area contributed by atoms with Crippen molar-refractivity contribution in [2.24, 2.45) is 14.1 Å². The predicted octanol–water partition coefficient (Wildman–Crippen LogP) is 2.11. The molecule has 0 unspecified atom stereocenters. The molecule has 4 aromatic heterocycles. The zero-order chi connectivity index (χ0) is 24.7. The molecule has 12 nitrogen and oxygen atoms in total. The number of carboxylic acids is 1. The molecule has 35 heavy (non-hydrogen) atoms. The number of anilines is 1. The fraction of sp³-hybridized carbons (Fsp3) is 0.182. The summed E-state index contributed by atoms with van der Waals surface area (Å²) in [5, 5.41) is 19.6. The number of rotatable bonds is 7. The molecule has 0 fully saturated rings.